The second-order valence-corrected chi connectivity index (χ2v) is 5.15. The molecule has 0 aromatic heterocycles. The third-order valence-corrected chi connectivity index (χ3v) is 3.52. The topological polar surface area (TPSA) is 47.9 Å². The van der Waals surface area contributed by atoms with Crippen LogP contribution in [0, 0.1) is 0 Å². The van der Waals surface area contributed by atoms with Gasteiger partial charge in [0.1, 0.15) is 5.75 Å². The fourth-order valence-electron chi connectivity index (χ4n) is 2.29. The first-order chi connectivity index (χ1) is 11.9. The number of halogens is 3. The summed E-state index contributed by atoms with van der Waals surface area (Å²) in [4.78, 5) is 15.9. The average molecular weight is 347 g/mol. The lowest BCUT2D eigenvalue weighted by molar-refractivity contribution is -0.137. The third kappa shape index (κ3) is 3.55. The van der Waals surface area contributed by atoms with Gasteiger partial charge in [0.15, 0.2) is 5.70 Å². The van der Waals surface area contributed by atoms with Crippen LogP contribution in [0.4, 0.5) is 13.2 Å². The van der Waals surface area contributed by atoms with Crippen LogP contribution in [0.2, 0.25) is 0 Å². The zero-order valence-electron chi connectivity index (χ0n) is 13.0. The van der Waals surface area contributed by atoms with E-state index in [1.807, 2.05) is 0 Å². The second-order valence-electron chi connectivity index (χ2n) is 5.15. The van der Waals surface area contributed by atoms with E-state index in [-0.39, 0.29) is 17.2 Å². The van der Waals surface area contributed by atoms with Crippen molar-refractivity contribution < 1.29 is 27.4 Å². The quantitative estimate of drug-likeness (QED) is 0.621. The molecular weight excluding hydrogens is 335 g/mol. The Labute approximate surface area is 141 Å². The zero-order chi connectivity index (χ0) is 18.0. The van der Waals surface area contributed by atoms with Crippen molar-refractivity contribution in [3.8, 4) is 5.75 Å². The van der Waals surface area contributed by atoms with Gasteiger partial charge in [-0.05, 0) is 42.0 Å². The molecule has 0 aliphatic carbocycles. The highest BCUT2D eigenvalue weighted by molar-refractivity contribution is 6.12. The van der Waals surface area contributed by atoms with Crippen LogP contribution < -0.4 is 4.74 Å². The normalized spacial score (nSPS) is 15.9. The minimum atomic E-state index is -4.53. The van der Waals surface area contributed by atoms with Gasteiger partial charge < -0.3 is 9.47 Å². The van der Waals surface area contributed by atoms with Gasteiger partial charge in [0.25, 0.3) is 0 Å². The number of esters is 1. The van der Waals surface area contributed by atoms with E-state index >= 15 is 0 Å². The van der Waals surface area contributed by atoms with E-state index in [4.69, 9.17) is 9.47 Å². The molecule has 2 aromatic rings. The number of nitrogens with zero attached hydrogens (tertiary/aromatic N) is 1. The summed E-state index contributed by atoms with van der Waals surface area (Å²) in [5, 5.41) is 0. The summed E-state index contributed by atoms with van der Waals surface area (Å²) in [6.45, 7) is 0. The number of carbonyl (C=O) groups is 1. The summed E-state index contributed by atoms with van der Waals surface area (Å²) in [6.07, 6.45) is -3.46. The molecule has 0 saturated heterocycles. The molecular formula is C18H12F3NO3. The van der Waals surface area contributed by atoms with E-state index in [1.165, 1.54) is 25.3 Å². The van der Waals surface area contributed by atoms with E-state index in [2.05, 4.69) is 4.99 Å². The summed E-state index contributed by atoms with van der Waals surface area (Å²) in [5.74, 6) is -0.158. The first-order valence-electron chi connectivity index (χ1n) is 7.21. The number of carbonyl (C=O) groups excluding carboxylic acids is 1. The Hall–Kier alpha value is -3.09. The van der Waals surface area contributed by atoms with E-state index in [9.17, 15) is 18.0 Å². The molecule has 2 aromatic carbocycles. The van der Waals surface area contributed by atoms with Gasteiger partial charge in [0.2, 0.25) is 5.90 Å². The van der Waals surface area contributed by atoms with Crippen LogP contribution in [-0.4, -0.2) is 19.0 Å². The maximum atomic E-state index is 13.0. The summed E-state index contributed by atoms with van der Waals surface area (Å²) in [6, 6.07) is 11.5. The lowest BCUT2D eigenvalue weighted by Gasteiger charge is -2.09. The number of ether oxygens (including phenoxy) is 2. The van der Waals surface area contributed by atoms with Gasteiger partial charge in [-0.25, -0.2) is 9.79 Å². The highest BCUT2D eigenvalue weighted by Crippen LogP contribution is 2.33. The fraction of sp³-hybridized carbons (Fsp3) is 0.111. The summed E-state index contributed by atoms with van der Waals surface area (Å²) in [5.41, 5.74) is -0.672. The van der Waals surface area contributed by atoms with Gasteiger partial charge in [-0.2, -0.15) is 13.2 Å². The van der Waals surface area contributed by atoms with E-state index in [0.717, 1.165) is 12.1 Å². The van der Waals surface area contributed by atoms with Gasteiger partial charge in [0, 0.05) is 5.56 Å². The predicted octanol–water partition coefficient (Wildman–Crippen LogP) is 4.06. The van der Waals surface area contributed by atoms with Crippen molar-refractivity contribution in [2.75, 3.05) is 7.11 Å². The molecule has 0 spiro atoms. The van der Waals surface area contributed by atoms with Crippen molar-refractivity contribution in [1.29, 1.82) is 0 Å². The average Bonchev–Trinajstić information content (AvgIpc) is 2.95. The predicted molar refractivity (Wildman–Crippen MR) is 85.0 cm³/mol. The maximum absolute atomic E-state index is 13.0. The maximum Gasteiger partial charge on any atom is 0.416 e. The molecule has 7 heteroatoms. The van der Waals surface area contributed by atoms with Crippen molar-refractivity contribution in [2.24, 2.45) is 4.99 Å². The van der Waals surface area contributed by atoms with Crippen LogP contribution >= 0.6 is 0 Å². The number of methoxy groups -OCH3 is 1. The molecule has 0 amide bonds. The molecule has 0 bridgehead atoms. The number of hydrogen-bond acceptors (Lipinski definition) is 4. The van der Waals surface area contributed by atoms with Crippen molar-refractivity contribution >= 4 is 17.9 Å². The van der Waals surface area contributed by atoms with Crippen LogP contribution in [0.3, 0.4) is 0 Å². The van der Waals surface area contributed by atoms with E-state index in [1.54, 1.807) is 24.3 Å². The Bertz CT molecular complexity index is 868. The van der Waals surface area contributed by atoms with Crippen LogP contribution in [-0.2, 0) is 15.7 Å². The van der Waals surface area contributed by atoms with Gasteiger partial charge in [0.05, 0.1) is 12.7 Å². The molecule has 0 atom stereocenters. The Morgan fingerprint density at radius 1 is 1.08 bits per heavy atom. The SMILES string of the molecule is COc1ccc(C2=N/C(=C\c3ccccc3C(F)(F)F)C(=O)O2)cc1. The molecule has 0 N–H and O–H groups in total. The highest BCUT2D eigenvalue weighted by atomic mass is 19.4. The molecule has 0 saturated carbocycles. The molecule has 1 aliphatic heterocycles. The Morgan fingerprint density at radius 2 is 1.76 bits per heavy atom. The number of alkyl halides is 3. The molecule has 0 fully saturated rings. The molecule has 128 valence electrons. The lowest BCUT2D eigenvalue weighted by Crippen LogP contribution is -2.08. The minimum absolute atomic E-state index is 0.0309. The van der Waals surface area contributed by atoms with Crippen LogP contribution in [0.1, 0.15) is 16.7 Å². The largest absolute Gasteiger partial charge is 0.497 e. The molecule has 3 rings (SSSR count). The summed E-state index contributed by atoms with van der Waals surface area (Å²) < 4.78 is 49.2. The molecule has 1 heterocycles. The van der Waals surface area contributed by atoms with Crippen molar-refractivity contribution in [3.05, 3.63) is 70.9 Å². The number of aliphatic imine (C=N–C) groups is 1. The van der Waals surface area contributed by atoms with Crippen molar-refractivity contribution in [2.45, 2.75) is 6.18 Å². The standard InChI is InChI=1S/C18H12F3NO3/c1-24-13-8-6-11(7-9-13)16-22-15(17(23)25-16)10-12-4-2-3-5-14(12)18(19,20)21/h2-10H,1H3/b15-10-. The first kappa shape index (κ1) is 16.8. The summed E-state index contributed by atoms with van der Waals surface area (Å²) >= 11 is 0. The van der Waals surface area contributed by atoms with E-state index in [0.29, 0.717) is 11.3 Å². The second kappa shape index (κ2) is 6.43. The first-order valence-corrected chi connectivity index (χ1v) is 7.21. The monoisotopic (exact) mass is 347 g/mol. The fourth-order valence-corrected chi connectivity index (χ4v) is 2.29. The van der Waals surface area contributed by atoms with Gasteiger partial charge in [-0.15, -0.1) is 0 Å². The van der Waals surface area contributed by atoms with E-state index < -0.39 is 17.7 Å². The van der Waals surface area contributed by atoms with Gasteiger partial charge >= 0.3 is 12.1 Å². The number of hydrogen-bond donors (Lipinski definition) is 0. The summed E-state index contributed by atoms with van der Waals surface area (Å²) in [7, 11) is 1.51. The number of cyclic esters (lactones) is 1. The Balaban J connectivity index is 1.96. The third-order valence-electron chi connectivity index (χ3n) is 3.52. The van der Waals surface area contributed by atoms with Crippen molar-refractivity contribution in [3.63, 3.8) is 0 Å². The lowest BCUT2D eigenvalue weighted by atomic mass is 10.1. The Kier molecular flexibility index (Phi) is 4.31. The molecule has 25 heavy (non-hydrogen) atoms. The molecule has 1 aliphatic rings. The molecule has 4 nitrogen and oxygen atoms in total. The molecule has 0 unspecified atom stereocenters. The number of benzene rings is 2. The van der Waals surface area contributed by atoms with Gasteiger partial charge in [-0.3, -0.25) is 0 Å². The Morgan fingerprint density at radius 3 is 2.40 bits per heavy atom. The van der Waals surface area contributed by atoms with Crippen LogP contribution in [0.25, 0.3) is 6.08 Å². The van der Waals surface area contributed by atoms with Crippen LogP contribution in [0.5, 0.6) is 5.75 Å². The smallest absolute Gasteiger partial charge is 0.416 e. The van der Waals surface area contributed by atoms with Crippen molar-refractivity contribution in [1.82, 2.24) is 0 Å². The number of rotatable bonds is 3. The van der Waals surface area contributed by atoms with Crippen LogP contribution in [0.15, 0.2) is 59.2 Å². The molecule has 0 radical (unpaired) electrons. The minimum Gasteiger partial charge on any atom is -0.497 e. The zero-order valence-corrected chi connectivity index (χ0v) is 13.0. The van der Waals surface area contributed by atoms with Gasteiger partial charge in [-0.1, -0.05) is 18.2 Å². The highest BCUT2D eigenvalue weighted by Gasteiger charge is 2.33.